The highest BCUT2D eigenvalue weighted by molar-refractivity contribution is 7.98. The predicted molar refractivity (Wildman–Crippen MR) is 148 cm³/mol. The molecule has 35 heavy (non-hydrogen) atoms. The molecule has 0 saturated carbocycles. The number of carbonyl (C=O) groups excluding carboxylic acids is 1. The lowest BCUT2D eigenvalue weighted by atomic mass is 9.98. The largest absolute Gasteiger partial charge is 0.322 e. The quantitative estimate of drug-likeness (QED) is 0.256. The van der Waals surface area contributed by atoms with Gasteiger partial charge in [0.1, 0.15) is 0 Å². The number of aromatic nitrogens is 1. The van der Waals surface area contributed by atoms with E-state index in [0.29, 0.717) is 5.56 Å². The zero-order valence-corrected chi connectivity index (χ0v) is 21.3. The van der Waals surface area contributed by atoms with Gasteiger partial charge in [0.25, 0.3) is 5.91 Å². The molecule has 0 aliphatic rings. The van der Waals surface area contributed by atoms with Gasteiger partial charge in [0, 0.05) is 34.5 Å². The number of hydrogen-bond donors (Lipinski definition) is 1. The van der Waals surface area contributed by atoms with Crippen LogP contribution in [-0.2, 0) is 6.54 Å². The minimum absolute atomic E-state index is 0.127. The van der Waals surface area contributed by atoms with Gasteiger partial charge in [0.2, 0.25) is 0 Å². The fourth-order valence-corrected chi connectivity index (χ4v) is 4.51. The molecule has 0 atom stereocenters. The minimum Gasteiger partial charge on any atom is -0.322 e. The summed E-state index contributed by atoms with van der Waals surface area (Å²) >= 11 is 1.67. The molecule has 0 saturated heterocycles. The first-order valence-electron chi connectivity index (χ1n) is 11.9. The lowest BCUT2D eigenvalue weighted by Gasteiger charge is -2.18. The number of amides is 1. The topological polar surface area (TPSA) is 45.2 Å². The van der Waals surface area contributed by atoms with Crippen LogP contribution in [0.4, 0.5) is 5.69 Å². The molecule has 1 aromatic heterocycles. The van der Waals surface area contributed by atoms with Crippen LogP contribution in [0.3, 0.4) is 0 Å². The third-order valence-corrected chi connectivity index (χ3v) is 6.84. The van der Waals surface area contributed by atoms with Crippen LogP contribution in [-0.4, -0.2) is 35.1 Å². The second-order valence-electron chi connectivity index (χ2n) is 8.32. The molecular formula is C30H31N3OS. The van der Waals surface area contributed by atoms with Crippen molar-refractivity contribution in [2.45, 2.75) is 25.3 Å². The fraction of sp³-hybridized carbons (Fsp3) is 0.200. The van der Waals surface area contributed by atoms with E-state index in [4.69, 9.17) is 0 Å². The van der Waals surface area contributed by atoms with Gasteiger partial charge in [-0.1, -0.05) is 56.3 Å². The van der Waals surface area contributed by atoms with E-state index in [1.54, 1.807) is 18.0 Å². The van der Waals surface area contributed by atoms with Crippen LogP contribution in [0.25, 0.3) is 22.4 Å². The molecular weight excluding hydrogens is 450 g/mol. The summed E-state index contributed by atoms with van der Waals surface area (Å²) in [6.07, 6.45) is 3.82. The third-order valence-electron chi connectivity index (χ3n) is 6.12. The van der Waals surface area contributed by atoms with Gasteiger partial charge in [-0.25, -0.2) is 0 Å². The highest BCUT2D eigenvalue weighted by atomic mass is 32.2. The van der Waals surface area contributed by atoms with Crippen LogP contribution in [0.1, 0.15) is 29.8 Å². The highest BCUT2D eigenvalue weighted by Gasteiger charge is 2.15. The Morgan fingerprint density at radius 3 is 2.37 bits per heavy atom. The number of hydrogen-bond acceptors (Lipinski definition) is 4. The Bertz CT molecular complexity index is 1270. The maximum absolute atomic E-state index is 13.4. The number of nitrogens with zero attached hydrogens (tertiary/aromatic N) is 2. The number of pyridine rings is 1. The number of rotatable bonds is 9. The smallest absolute Gasteiger partial charge is 0.256 e. The van der Waals surface area contributed by atoms with Crippen LogP contribution in [0.15, 0.2) is 96.0 Å². The Balaban J connectivity index is 1.61. The van der Waals surface area contributed by atoms with E-state index >= 15 is 0 Å². The minimum atomic E-state index is -0.127. The van der Waals surface area contributed by atoms with E-state index in [2.05, 4.69) is 65.6 Å². The molecule has 5 heteroatoms. The first kappa shape index (κ1) is 24.7. The summed E-state index contributed by atoms with van der Waals surface area (Å²) in [5.41, 5.74) is 6.48. The molecule has 4 rings (SSSR count). The molecule has 0 aliphatic carbocycles. The number of carbonyl (C=O) groups is 1. The van der Waals surface area contributed by atoms with Crippen LogP contribution in [0.2, 0.25) is 0 Å². The molecule has 0 unspecified atom stereocenters. The number of anilines is 1. The van der Waals surface area contributed by atoms with Crippen molar-refractivity contribution in [3.63, 3.8) is 0 Å². The molecule has 4 aromatic rings. The Labute approximate surface area is 212 Å². The van der Waals surface area contributed by atoms with Crippen LogP contribution >= 0.6 is 11.8 Å². The summed E-state index contributed by atoms with van der Waals surface area (Å²) < 4.78 is 0. The Morgan fingerprint density at radius 2 is 1.69 bits per heavy atom. The number of thioether (sulfide) groups is 1. The van der Waals surface area contributed by atoms with E-state index in [-0.39, 0.29) is 5.91 Å². The molecule has 3 aromatic carbocycles. The fourth-order valence-electron chi connectivity index (χ4n) is 4.07. The summed E-state index contributed by atoms with van der Waals surface area (Å²) in [5, 5.41) is 3.09. The first-order valence-corrected chi connectivity index (χ1v) is 13.2. The highest BCUT2D eigenvalue weighted by Crippen LogP contribution is 2.30. The normalized spacial score (nSPS) is 11.0. The third kappa shape index (κ3) is 6.18. The van der Waals surface area contributed by atoms with E-state index in [1.807, 2.05) is 54.6 Å². The van der Waals surface area contributed by atoms with Crippen molar-refractivity contribution in [3.8, 4) is 22.4 Å². The Kier molecular flexibility index (Phi) is 8.35. The van der Waals surface area contributed by atoms with Crippen molar-refractivity contribution in [3.05, 3.63) is 102 Å². The maximum atomic E-state index is 13.4. The lowest BCUT2D eigenvalue weighted by Crippen LogP contribution is -2.21. The molecule has 178 valence electrons. The average molecular weight is 482 g/mol. The molecule has 0 radical (unpaired) electrons. The molecule has 0 fully saturated rings. The summed E-state index contributed by atoms with van der Waals surface area (Å²) in [4.78, 5) is 21.3. The van der Waals surface area contributed by atoms with Crippen molar-refractivity contribution >= 4 is 23.4 Å². The zero-order valence-electron chi connectivity index (χ0n) is 20.5. The molecule has 4 nitrogen and oxygen atoms in total. The number of benzene rings is 3. The van der Waals surface area contributed by atoms with E-state index in [9.17, 15) is 4.79 Å². The second kappa shape index (κ2) is 11.8. The predicted octanol–water partition coefficient (Wildman–Crippen LogP) is 7.23. The maximum Gasteiger partial charge on any atom is 0.256 e. The zero-order chi connectivity index (χ0) is 24.6. The van der Waals surface area contributed by atoms with Crippen LogP contribution in [0.5, 0.6) is 0 Å². The summed E-state index contributed by atoms with van der Waals surface area (Å²) in [7, 11) is 0. The van der Waals surface area contributed by atoms with Crippen molar-refractivity contribution in [1.82, 2.24) is 9.88 Å². The van der Waals surface area contributed by atoms with Crippen molar-refractivity contribution < 1.29 is 4.79 Å². The average Bonchev–Trinajstić information content (AvgIpc) is 2.92. The monoisotopic (exact) mass is 481 g/mol. The van der Waals surface area contributed by atoms with Crippen molar-refractivity contribution in [2.75, 3.05) is 24.7 Å². The first-order chi connectivity index (χ1) is 17.1. The van der Waals surface area contributed by atoms with Gasteiger partial charge < -0.3 is 5.32 Å². The SMILES string of the molecule is CCN(CC)Cc1ccc(-c2cc(SC)ccc2C(=O)Nc2cccc(-c3ccccn3)c2)cc1. The Morgan fingerprint density at radius 1 is 0.886 bits per heavy atom. The summed E-state index contributed by atoms with van der Waals surface area (Å²) in [6, 6.07) is 28.2. The van der Waals surface area contributed by atoms with Crippen LogP contribution in [0, 0.1) is 0 Å². The van der Waals surface area contributed by atoms with Crippen LogP contribution < -0.4 is 5.32 Å². The molecule has 1 N–H and O–H groups in total. The molecule has 0 spiro atoms. The Hall–Kier alpha value is -3.41. The summed E-state index contributed by atoms with van der Waals surface area (Å²) in [5.74, 6) is -0.127. The molecule has 0 aliphatic heterocycles. The molecule has 1 heterocycles. The summed E-state index contributed by atoms with van der Waals surface area (Å²) in [6.45, 7) is 7.35. The van der Waals surface area contributed by atoms with Crippen molar-refractivity contribution in [1.29, 1.82) is 0 Å². The van der Waals surface area contributed by atoms with Gasteiger partial charge in [0.15, 0.2) is 0 Å². The molecule has 1 amide bonds. The van der Waals surface area contributed by atoms with Gasteiger partial charge >= 0.3 is 0 Å². The van der Waals surface area contributed by atoms with Gasteiger partial charge in [-0.3, -0.25) is 14.7 Å². The van der Waals surface area contributed by atoms with E-state index in [0.717, 1.165) is 52.6 Å². The molecule has 0 bridgehead atoms. The van der Waals surface area contributed by atoms with Gasteiger partial charge in [-0.05, 0) is 78.5 Å². The second-order valence-corrected chi connectivity index (χ2v) is 9.20. The lowest BCUT2D eigenvalue weighted by molar-refractivity contribution is 0.102. The van der Waals surface area contributed by atoms with Gasteiger partial charge in [-0.15, -0.1) is 11.8 Å². The van der Waals surface area contributed by atoms with Crippen molar-refractivity contribution in [2.24, 2.45) is 0 Å². The van der Waals surface area contributed by atoms with Gasteiger partial charge in [0.05, 0.1) is 5.69 Å². The number of nitrogens with one attached hydrogen (secondary N) is 1. The standard InChI is InChI=1S/C30H31N3OS/c1-4-33(5-2)21-22-12-14-23(15-13-22)28-20-26(35-3)16-17-27(28)30(34)32-25-10-8-9-24(19-25)29-11-6-7-18-31-29/h6-20H,4-5,21H2,1-3H3,(H,32,34). The van der Waals surface area contributed by atoms with E-state index in [1.165, 1.54) is 5.56 Å². The van der Waals surface area contributed by atoms with Gasteiger partial charge in [-0.2, -0.15) is 0 Å². The van der Waals surface area contributed by atoms with E-state index < -0.39 is 0 Å².